The summed E-state index contributed by atoms with van der Waals surface area (Å²) in [6.07, 6.45) is 1.56. The highest BCUT2D eigenvalue weighted by atomic mass is 16.5. The molecule has 4 rings (SSSR count). The summed E-state index contributed by atoms with van der Waals surface area (Å²) < 4.78 is 21.8. The van der Waals surface area contributed by atoms with Gasteiger partial charge in [-0.15, -0.1) is 0 Å². The van der Waals surface area contributed by atoms with Crippen LogP contribution in [0.2, 0.25) is 0 Å². The van der Waals surface area contributed by atoms with E-state index in [1.807, 2.05) is 54.6 Å². The first-order chi connectivity index (χ1) is 20.0. The molecule has 0 fully saturated rings. The summed E-state index contributed by atoms with van der Waals surface area (Å²) in [6.45, 7) is 0.248. The minimum Gasteiger partial charge on any atom is -0.497 e. The molecule has 0 aliphatic heterocycles. The zero-order valence-electron chi connectivity index (χ0n) is 23.3. The summed E-state index contributed by atoms with van der Waals surface area (Å²) in [4.78, 5) is 28.1. The highest BCUT2D eigenvalue weighted by Crippen LogP contribution is 2.41. The average Bonchev–Trinajstić information content (AvgIpc) is 3.03. The summed E-state index contributed by atoms with van der Waals surface area (Å²) in [5.74, 6) is 1.28. The largest absolute Gasteiger partial charge is 0.497 e. The van der Waals surface area contributed by atoms with Crippen LogP contribution in [-0.4, -0.2) is 46.5 Å². The van der Waals surface area contributed by atoms with Gasteiger partial charge in [-0.05, 0) is 47.5 Å². The van der Waals surface area contributed by atoms with Crippen molar-refractivity contribution in [2.75, 3.05) is 33.3 Å². The van der Waals surface area contributed by atoms with Gasteiger partial charge in [0.15, 0.2) is 11.5 Å². The van der Waals surface area contributed by atoms with E-state index in [0.717, 1.165) is 11.1 Å². The molecule has 0 saturated carbocycles. The van der Waals surface area contributed by atoms with E-state index in [-0.39, 0.29) is 12.5 Å². The predicted octanol–water partition coefficient (Wildman–Crippen LogP) is 5.33. The molecule has 0 unspecified atom stereocenters. The molecule has 0 atom stereocenters. The van der Waals surface area contributed by atoms with Crippen molar-refractivity contribution in [3.05, 3.63) is 113 Å². The second kappa shape index (κ2) is 13.7. The molecular weight excluding hydrogens is 522 g/mol. The van der Waals surface area contributed by atoms with Gasteiger partial charge in [-0.1, -0.05) is 42.5 Å². The van der Waals surface area contributed by atoms with Gasteiger partial charge in [-0.3, -0.25) is 9.59 Å². The first-order valence-corrected chi connectivity index (χ1v) is 12.7. The van der Waals surface area contributed by atoms with E-state index in [4.69, 9.17) is 18.9 Å². The number of carbonyl (C=O) groups excluding carboxylic acids is 2. The quantitative estimate of drug-likeness (QED) is 0.199. The lowest BCUT2D eigenvalue weighted by molar-refractivity contribution is 0.0951. The number of methoxy groups -OCH3 is 4. The molecule has 1 N–H and O–H groups in total. The van der Waals surface area contributed by atoms with E-state index in [1.54, 1.807) is 54.6 Å². The minimum absolute atomic E-state index is 0.248. The second-order valence-corrected chi connectivity index (χ2v) is 8.81. The van der Waals surface area contributed by atoms with Gasteiger partial charge < -0.3 is 23.8 Å². The smallest absolute Gasteiger partial charge is 0.271 e. The van der Waals surface area contributed by atoms with Crippen molar-refractivity contribution in [1.82, 2.24) is 5.43 Å². The van der Waals surface area contributed by atoms with Crippen LogP contribution in [0.5, 0.6) is 23.0 Å². The molecule has 210 valence electrons. The van der Waals surface area contributed by atoms with Gasteiger partial charge in [-0.2, -0.15) is 5.10 Å². The number of rotatable bonds is 11. The third kappa shape index (κ3) is 7.02. The van der Waals surface area contributed by atoms with E-state index < -0.39 is 5.91 Å². The molecule has 0 aliphatic carbocycles. The lowest BCUT2D eigenvalue weighted by Gasteiger charge is -2.25. The Labute approximate surface area is 238 Å². The fourth-order valence-corrected chi connectivity index (χ4v) is 4.11. The average molecular weight is 554 g/mol. The van der Waals surface area contributed by atoms with Crippen molar-refractivity contribution in [2.45, 2.75) is 6.54 Å². The number of hydrogen-bond acceptors (Lipinski definition) is 7. The fourth-order valence-electron chi connectivity index (χ4n) is 4.11. The van der Waals surface area contributed by atoms with Crippen molar-refractivity contribution in [2.24, 2.45) is 5.10 Å². The normalized spacial score (nSPS) is 10.6. The molecule has 0 bridgehead atoms. The lowest BCUT2D eigenvalue weighted by Crippen LogP contribution is -2.30. The highest BCUT2D eigenvalue weighted by Gasteiger charge is 2.23. The number of nitrogens with zero attached hydrogens (tertiary/aromatic N) is 2. The maximum absolute atomic E-state index is 13.9. The number of benzene rings is 4. The Morgan fingerprint density at radius 2 is 1.37 bits per heavy atom. The van der Waals surface area contributed by atoms with Gasteiger partial charge in [0.05, 0.1) is 46.9 Å². The van der Waals surface area contributed by atoms with Crippen LogP contribution in [0.3, 0.4) is 0 Å². The van der Waals surface area contributed by atoms with Gasteiger partial charge in [0.25, 0.3) is 11.8 Å². The van der Waals surface area contributed by atoms with Crippen LogP contribution in [0, 0.1) is 0 Å². The van der Waals surface area contributed by atoms with Gasteiger partial charge in [-0.25, -0.2) is 5.43 Å². The van der Waals surface area contributed by atoms with Crippen molar-refractivity contribution in [3.63, 3.8) is 0 Å². The fraction of sp³-hybridized carbons (Fsp3) is 0.156. The molecular formula is C32H31N3O6. The monoisotopic (exact) mass is 553 g/mol. The van der Waals surface area contributed by atoms with E-state index in [2.05, 4.69) is 10.5 Å². The van der Waals surface area contributed by atoms with Crippen LogP contribution in [0.25, 0.3) is 0 Å². The molecule has 4 aromatic carbocycles. The number of nitrogens with one attached hydrogen (secondary N) is 1. The van der Waals surface area contributed by atoms with Crippen LogP contribution in [0.15, 0.2) is 96.1 Å². The van der Waals surface area contributed by atoms with Crippen LogP contribution in [0.4, 0.5) is 5.69 Å². The standard InChI is InChI=1S/C32H31N3O6/c1-38-27-16-10-23(11-17-27)21-35(26-18-28(39-2)30(41-4)29(19-26)40-3)32(37)25-14-12-24(13-15-25)31(36)34-33-20-22-8-6-5-7-9-22/h5-20H,21H2,1-4H3,(H,34,36)/b33-20+. The van der Waals surface area contributed by atoms with Crippen LogP contribution < -0.4 is 29.3 Å². The van der Waals surface area contributed by atoms with E-state index in [1.165, 1.54) is 21.3 Å². The number of carbonyl (C=O) groups is 2. The van der Waals surface area contributed by atoms with Gasteiger partial charge in [0.1, 0.15) is 5.75 Å². The Morgan fingerprint density at radius 3 is 1.93 bits per heavy atom. The summed E-state index contributed by atoms with van der Waals surface area (Å²) in [6, 6.07) is 26.7. The van der Waals surface area contributed by atoms with Gasteiger partial charge in [0, 0.05) is 23.3 Å². The predicted molar refractivity (Wildman–Crippen MR) is 158 cm³/mol. The van der Waals surface area contributed by atoms with E-state index in [0.29, 0.717) is 39.8 Å². The Balaban J connectivity index is 1.61. The molecule has 0 heterocycles. The number of anilines is 1. The van der Waals surface area contributed by atoms with Gasteiger partial charge in [0.2, 0.25) is 5.75 Å². The van der Waals surface area contributed by atoms with E-state index >= 15 is 0 Å². The summed E-state index contributed by atoms with van der Waals surface area (Å²) >= 11 is 0. The van der Waals surface area contributed by atoms with Crippen molar-refractivity contribution < 1.29 is 28.5 Å². The van der Waals surface area contributed by atoms with Crippen LogP contribution in [-0.2, 0) is 6.54 Å². The Kier molecular flexibility index (Phi) is 9.56. The second-order valence-electron chi connectivity index (χ2n) is 8.81. The number of ether oxygens (including phenoxy) is 4. The Morgan fingerprint density at radius 1 is 0.756 bits per heavy atom. The molecule has 9 nitrogen and oxygen atoms in total. The molecule has 2 amide bonds. The third-order valence-electron chi connectivity index (χ3n) is 6.28. The molecule has 0 saturated heterocycles. The minimum atomic E-state index is -0.393. The molecule has 4 aromatic rings. The summed E-state index contributed by atoms with van der Waals surface area (Å²) in [7, 11) is 6.15. The van der Waals surface area contributed by atoms with Crippen LogP contribution >= 0.6 is 0 Å². The lowest BCUT2D eigenvalue weighted by atomic mass is 10.1. The number of hydrazone groups is 1. The maximum Gasteiger partial charge on any atom is 0.271 e. The molecule has 9 heteroatoms. The van der Waals surface area contributed by atoms with Crippen molar-refractivity contribution in [1.29, 1.82) is 0 Å². The van der Waals surface area contributed by atoms with E-state index in [9.17, 15) is 9.59 Å². The molecule has 0 spiro atoms. The topological polar surface area (TPSA) is 98.7 Å². The summed E-state index contributed by atoms with van der Waals surface area (Å²) in [5.41, 5.74) is 5.53. The zero-order valence-corrected chi connectivity index (χ0v) is 23.3. The summed E-state index contributed by atoms with van der Waals surface area (Å²) in [5, 5.41) is 4.01. The number of hydrogen-bond donors (Lipinski definition) is 1. The maximum atomic E-state index is 13.9. The molecule has 0 aliphatic rings. The Hall–Kier alpha value is -5.31. The number of amides is 2. The SMILES string of the molecule is COc1ccc(CN(C(=O)c2ccc(C(=O)N/N=C/c3ccccc3)cc2)c2cc(OC)c(OC)c(OC)c2)cc1. The zero-order chi connectivity index (χ0) is 29.2. The Bertz CT molecular complexity index is 1480. The van der Waals surface area contributed by atoms with Crippen LogP contribution in [0.1, 0.15) is 31.8 Å². The van der Waals surface area contributed by atoms with Crippen molar-refractivity contribution in [3.8, 4) is 23.0 Å². The molecule has 0 aromatic heterocycles. The molecule has 41 heavy (non-hydrogen) atoms. The highest BCUT2D eigenvalue weighted by molar-refractivity contribution is 6.07. The van der Waals surface area contributed by atoms with Crippen molar-refractivity contribution >= 4 is 23.7 Å². The first kappa shape index (κ1) is 28.7. The molecule has 0 radical (unpaired) electrons. The third-order valence-corrected chi connectivity index (χ3v) is 6.28. The first-order valence-electron chi connectivity index (χ1n) is 12.7. The van der Waals surface area contributed by atoms with Gasteiger partial charge >= 0.3 is 0 Å².